The highest BCUT2D eigenvalue weighted by Crippen LogP contribution is 2.23. The van der Waals surface area contributed by atoms with Gasteiger partial charge in [0.25, 0.3) is 0 Å². The molecule has 3 nitrogen and oxygen atoms in total. The molecule has 17 heavy (non-hydrogen) atoms. The largest absolute Gasteiger partial charge is 0.417 e. The van der Waals surface area contributed by atoms with Gasteiger partial charge in [0.2, 0.25) is 0 Å². The summed E-state index contributed by atoms with van der Waals surface area (Å²) in [4.78, 5) is 13.6. The lowest BCUT2D eigenvalue weighted by molar-refractivity contribution is 0.555. The first-order valence-corrected chi connectivity index (χ1v) is 5.11. The van der Waals surface area contributed by atoms with Crippen LogP contribution in [-0.4, -0.2) is 4.98 Å². The van der Waals surface area contributed by atoms with Crippen LogP contribution in [0.2, 0.25) is 0 Å². The highest BCUT2D eigenvalue weighted by Gasteiger charge is 2.04. The third-order valence-corrected chi connectivity index (χ3v) is 2.58. The summed E-state index contributed by atoms with van der Waals surface area (Å²) in [5.41, 5.74) is 2.69. The van der Waals surface area contributed by atoms with Gasteiger partial charge in [-0.05, 0) is 35.4 Å². The molecule has 1 N–H and O–H groups in total. The normalized spacial score (nSPS) is 10.9. The number of oxazole rings is 1. The zero-order chi connectivity index (χ0) is 11.8. The summed E-state index contributed by atoms with van der Waals surface area (Å²) in [7, 11) is 0. The van der Waals surface area contributed by atoms with Crippen LogP contribution in [0.3, 0.4) is 0 Å². The predicted molar refractivity (Wildman–Crippen MR) is 62.2 cm³/mol. The molecule has 3 aromatic rings. The van der Waals surface area contributed by atoms with Crippen LogP contribution < -0.4 is 5.76 Å². The minimum Gasteiger partial charge on any atom is -0.408 e. The van der Waals surface area contributed by atoms with Gasteiger partial charge in [-0.1, -0.05) is 18.2 Å². The molecule has 0 saturated heterocycles. The molecule has 3 rings (SSSR count). The van der Waals surface area contributed by atoms with Crippen molar-refractivity contribution in [1.29, 1.82) is 0 Å². The van der Waals surface area contributed by atoms with E-state index in [-0.39, 0.29) is 5.82 Å². The fourth-order valence-electron chi connectivity index (χ4n) is 1.80. The molecule has 0 saturated carbocycles. The third-order valence-electron chi connectivity index (χ3n) is 2.58. The average Bonchev–Trinajstić information content (AvgIpc) is 2.68. The van der Waals surface area contributed by atoms with Gasteiger partial charge in [-0.2, -0.15) is 0 Å². The Morgan fingerprint density at radius 3 is 2.71 bits per heavy atom. The second-order valence-corrected chi connectivity index (χ2v) is 3.74. The maximum atomic E-state index is 13.1. The lowest BCUT2D eigenvalue weighted by atomic mass is 10.1. The molecule has 0 amide bonds. The van der Waals surface area contributed by atoms with E-state index in [2.05, 4.69) is 4.98 Å². The Bertz CT molecular complexity index is 742. The summed E-state index contributed by atoms with van der Waals surface area (Å²) >= 11 is 0. The molecule has 0 spiro atoms. The maximum absolute atomic E-state index is 13.1. The molecule has 0 aliphatic rings. The van der Waals surface area contributed by atoms with Crippen LogP contribution in [0, 0.1) is 5.82 Å². The first kappa shape index (κ1) is 9.84. The van der Waals surface area contributed by atoms with Gasteiger partial charge >= 0.3 is 5.76 Å². The number of aromatic nitrogens is 1. The van der Waals surface area contributed by atoms with Crippen molar-refractivity contribution in [3.05, 3.63) is 58.8 Å². The zero-order valence-electron chi connectivity index (χ0n) is 8.74. The fraction of sp³-hybridized carbons (Fsp3) is 0. The molecule has 0 radical (unpaired) electrons. The molecule has 2 aromatic carbocycles. The van der Waals surface area contributed by atoms with E-state index in [0.29, 0.717) is 11.1 Å². The Morgan fingerprint density at radius 2 is 1.88 bits per heavy atom. The van der Waals surface area contributed by atoms with Crippen LogP contribution >= 0.6 is 0 Å². The van der Waals surface area contributed by atoms with Crippen molar-refractivity contribution in [2.75, 3.05) is 0 Å². The lowest BCUT2D eigenvalue weighted by Gasteiger charge is -2.01. The van der Waals surface area contributed by atoms with E-state index in [0.717, 1.165) is 11.1 Å². The Kier molecular flexibility index (Phi) is 2.08. The van der Waals surface area contributed by atoms with Crippen molar-refractivity contribution >= 4 is 11.1 Å². The number of fused-ring (bicyclic) bond motifs is 1. The zero-order valence-corrected chi connectivity index (χ0v) is 8.74. The minimum absolute atomic E-state index is 0.289. The number of hydrogen-bond acceptors (Lipinski definition) is 2. The molecular weight excluding hydrogens is 221 g/mol. The standard InChI is InChI=1S/C13H8FNO2/c14-10-3-1-2-8(6-10)9-4-5-12-11(7-9)15-13(16)17-12/h1-7H,(H,15,16). The van der Waals surface area contributed by atoms with E-state index in [1.165, 1.54) is 12.1 Å². The molecule has 84 valence electrons. The molecule has 0 fully saturated rings. The van der Waals surface area contributed by atoms with Gasteiger partial charge in [-0.3, -0.25) is 4.98 Å². The van der Waals surface area contributed by atoms with E-state index in [1.807, 2.05) is 6.07 Å². The van der Waals surface area contributed by atoms with Gasteiger partial charge in [-0.25, -0.2) is 9.18 Å². The van der Waals surface area contributed by atoms with Crippen LogP contribution in [-0.2, 0) is 0 Å². The van der Waals surface area contributed by atoms with Crippen molar-refractivity contribution in [2.45, 2.75) is 0 Å². The van der Waals surface area contributed by atoms with Crippen LogP contribution in [0.4, 0.5) is 4.39 Å². The van der Waals surface area contributed by atoms with Crippen molar-refractivity contribution in [3.8, 4) is 11.1 Å². The maximum Gasteiger partial charge on any atom is 0.417 e. The topological polar surface area (TPSA) is 46.0 Å². The highest BCUT2D eigenvalue weighted by atomic mass is 19.1. The van der Waals surface area contributed by atoms with E-state index in [9.17, 15) is 9.18 Å². The van der Waals surface area contributed by atoms with E-state index in [1.54, 1.807) is 24.3 Å². The smallest absolute Gasteiger partial charge is 0.408 e. The van der Waals surface area contributed by atoms with E-state index in [4.69, 9.17) is 4.42 Å². The van der Waals surface area contributed by atoms with Crippen LogP contribution in [0.25, 0.3) is 22.2 Å². The van der Waals surface area contributed by atoms with Crippen LogP contribution in [0.1, 0.15) is 0 Å². The second-order valence-electron chi connectivity index (χ2n) is 3.74. The Labute approximate surface area is 95.5 Å². The number of benzene rings is 2. The average molecular weight is 229 g/mol. The predicted octanol–water partition coefficient (Wildman–Crippen LogP) is 2.93. The van der Waals surface area contributed by atoms with Crippen molar-refractivity contribution in [3.63, 3.8) is 0 Å². The monoisotopic (exact) mass is 229 g/mol. The molecule has 1 heterocycles. The summed E-state index contributed by atoms with van der Waals surface area (Å²) in [5.74, 6) is -0.778. The number of hydrogen-bond donors (Lipinski definition) is 1. The molecule has 0 atom stereocenters. The molecule has 0 aliphatic carbocycles. The fourth-order valence-corrected chi connectivity index (χ4v) is 1.80. The molecular formula is C13H8FNO2. The summed E-state index contributed by atoms with van der Waals surface area (Å²) < 4.78 is 18.0. The number of rotatable bonds is 1. The van der Waals surface area contributed by atoms with Gasteiger partial charge < -0.3 is 4.42 Å². The van der Waals surface area contributed by atoms with Crippen molar-refractivity contribution in [2.24, 2.45) is 0 Å². The Balaban J connectivity index is 2.20. The molecule has 4 heteroatoms. The number of aromatic amines is 1. The van der Waals surface area contributed by atoms with Crippen molar-refractivity contribution < 1.29 is 8.81 Å². The summed E-state index contributed by atoms with van der Waals surface area (Å²) in [5, 5.41) is 0. The van der Waals surface area contributed by atoms with E-state index < -0.39 is 5.76 Å². The van der Waals surface area contributed by atoms with Gasteiger partial charge in [-0.15, -0.1) is 0 Å². The summed E-state index contributed by atoms with van der Waals surface area (Å²) in [6, 6.07) is 11.5. The highest BCUT2D eigenvalue weighted by molar-refractivity contribution is 5.79. The SMILES string of the molecule is O=c1[nH]c2cc(-c3cccc(F)c3)ccc2o1. The second kappa shape index (κ2) is 3.59. The van der Waals surface area contributed by atoms with Gasteiger partial charge in [0.15, 0.2) is 5.58 Å². The summed E-state index contributed by atoms with van der Waals surface area (Å²) in [6.07, 6.45) is 0. The first-order chi connectivity index (χ1) is 8.22. The number of nitrogens with one attached hydrogen (secondary N) is 1. The lowest BCUT2D eigenvalue weighted by Crippen LogP contribution is -1.92. The van der Waals surface area contributed by atoms with Gasteiger partial charge in [0, 0.05) is 0 Å². The first-order valence-electron chi connectivity index (χ1n) is 5.11. The number of halogens is 1. The number of H-pyrrole nitrogens is 1. The molecule has 0 aliphatic heterocycles. The molecule has 0 unspecified atom stereocenters. The van der Waals surface area contributed by atoms with Gasteiger partial charge in [0.05, 0.1) is 5.52 Å². The minimum atomic E-state index is -0.489. The van der Waals surface area contributed by atoms with Crippen LogP contribution in [0.15, 0.2) is 51.7 Å². The third kappa shape index (κ3) is 1.73. The molecule has 1 aromatic heterocycles. The van der Waals surface area contributed by atoms with E-state index >= 15 is 0 Å². The summed E-state index contributed by atoms with van der Waals surface area (Å²) in [6.45, 7) is 0. The molecule has 0 bridgehead atoms. The quantitative estimate of drug-likeness (QED) is 0.697. The van der Waals surface area contributed by atoms with Gasteiger partial charge in [0.1, 0.15) is 5.82 Å². The Morgan fingerprint density at radius 1 is 1.06 bits per heavy atom. The van der Waals surface area contributed by atoms with Crippen LogP contribution in [0.5, 0.6) is 0 Å². The van der Waals surface area contributed by atoms with Crippen molar-refractivity contribution in [1.82, 2.24) is 4.98 Å². The Hall–Kier alpha value is -2.36.